The molecule has 0 spiro atoms. The van der Waals surface area contributed by atoms with Gasteiger partial charge in [0.15, 0.2) is 0 Å². The predicted octanol–water partition coefficient (Wildman–Crippen LogP) is 1.79. The van der Waals surface area contributed by atoms with Crippen molar-refractivity contribution in [3.63, 3.8) is 0 Å². The number of aromatic nitrogens is 3. The van der Waals surface area contributed by atoms with Crippen molar-refractivity contribution >= 4 is 23.1 Å². The molecule has 0 atom stereocenters. The lowest BCUT2D eigenvalue weighted by molar-refractivity contribution is 0.0966. The first-order valence-electron chi connectivity index (χ1n) is 11.5. The monoisotopic (exact) mass is 444 g/mol. The number of hydrogen-bond acceptors (Lipinski definition) is 7. The molecule has 9 nitrogen and oxygen atoms in total. The third kappa shape index (κ3) is 3.63. The highest BCUT2D eigenvalue weighted by molar-refractivity contribution is 6.06. The molecule has 3 aliphatic rings. The minimum Gasteiger partial charge on any atom is -0.368 e. The second kappa shape index (κ2) is 8.17. The Balaban J connectivity index is 1.28. The van der Waals surface area contributed by atoms with Gasteiger partial charge in [-0.2, -0.15) is 0 Å². The zero-order valence-electron chi connectivity index (χ0n) is 18.8. The van der Waals surface area contributed by atoms with E-state index >= 15 is 0 Å². The van der Waals surface area contributed by atoms with Crippen LogP contribution in [0.5, 0.6) is 0 Å². The van der Waals surface area contributed by atoms with Gasteiger partial charge in [0.05, 0.1) is 41.6 Å². The van der Waals surface area contributed by atoms with Crippen LogP contribution in [0.2, 0.25) is 0 Å². The summed E-state index contributed by atoms with van der Waals surface area (Å²) in [6.07, 6.45) is 3.83. The number of piperazine rings is 1. The first-order valence-corrected chi connectivity index (χ1v) is 11.5. The molecule has 3 aliphatic heterocycles. The van der Waals surface area contributed by atoms with Crippen LogP contribution in [0.4, 0.5) is 17.2 Å². The molecule has 1 aromatic carbocycles. The number of carbonyl (C=O) groups is 1. The van der Waals surface area contributed by atoms with Crippen LogP contribution in [0.25, 0.3) is 11.3 Å². The Morgan fingerprint density at radius 3 is 2.67 bits per heavy atom. The topological polar surface area (TPSA) is 90.4 Å². The highest BCUT2D eigenvalue weighted by Crippen LogP contribution is 2.35. The number of anilines is 3. The number of nitrogens with zero attached hydrogens (tertiary/aromatic N) is 5. The second-order valence-corrected chi connectivity index (χ2v) is 8.90. The summed E-state index contributed by atoms with van der Waals surface area (Å²) < 4.78 is 2.25. The Morgan fingerprint density at radius 2 is 1.85 bits per heavy atom. The van der Waals surface area contributed by atoms with Crippen molar-refractivity contribution < 1.29 is 4.79 Å². The quantitative estimate of drug-likeness (QED) is 0.565. The fourth-order valence-corrected chi connectivity index (χ4v) is 4.95. The third-order valence-electron chi connectivity index (χ3n) is 6.85. The van der Waals surface area contributed by atoms with Gasteiger partial charge in [-0.3, -0.25) is 4.79 Å². The van der Waals surface area contributed by atoms with E-state index < -0.39 is 0 Å². The summed E-state index contributed by atoms with van der Waals surface area (Å²) in [6, 6.07) is 8.16. The van der Waals surface area contributed by atoms with E-state index in [1.807, 2.05) is 24.5 Å². The Hall–Kier alpha value is -3.43. The van der Waals surface area contributed by atoms with Gasteiger partial charge in [0.1, 0.15) is 11.6 Å². The molecule has 1 amide bonds. The Bertz CT molecular complexity index is 1190. The van der Waals surface area contributed by atoms with Crippen LogP contribution in [0, 0.1) is 0 Å². The van der Waals surface area contributed by atoms with Gasteiger partial charge in [0, 0.05) is 51.4 Å². The maximum atomic E-state index is 12.8. The second-order valence-electron chi connectivity index (χ2n) is 8.90. The zero-order valence-corrected chi connectivity index (χ0v) is 18.8. The smallest absolute Gasteiger partial charge is 0.254 e. The Kier molecular flexibility index (Phi) is 5.00. The number of amides is 1. The summed E-state index contributed by atoms with van der Waals surface area (Å²) >= 11 is 0. The summed E-state index contributed by atoms with van der Waals surface area (Å²) in [5, 5.41) is 9.73. The van der Waals surface area contributed by atoms with Crippen LogP contribution in [0.3, 0.4) is 0 Å². The van der Waals surface area contributed by atoms with E-state index in [1.165, 1.54) is 0 Å². The molecule has 170 valence electrons. The lowest BCUT2D eigenvalue weighted by Gasteiger charge is -2.33. The molecule has 33 heavy (non-hydrogen) atoms. The number of carbonyl (C=O) groups excluding carboxylic acids is 1. The Morgan fingerprint density at radius 1 is 0.970 bits per heavy atom. The van der Waals surface area contributed by atoms with Crippen molar-refractivity contribution in [1.29, 1.82) is 0 Å². The van der Waals surface area contributed by atoms with Gasteiger partial charge >= 0.3 is 0 Å². The molecule has 3 aromatic rings. The standard InChI is InChI=1S/C24H28N8O/c1-30-8-10-31(11-9-30)16-2-5-21(26-12-16)29-19-4-3-17(18-13-28-24(33)23(18)19)20-14-27-22-15-25-6-7-32(20)22/h2-5,12,14,25H,6-11,13,15H2,1H3,(H,26,29)(H,28,33). The van der Waals surface area contributed by atoms with Crippen LogP contribution in [0.1, 0.15) is 21.7 Å². The molecule has 0 radical (unpaired) electrons. The molecular formula is C24H28N8O. The first-order chi connectivity index (χ1) is 16.2. The number of hydrogen-bond donors (Lipinski definition) is 3. The van der Waals surface area contributed by atoms with E-state index in [4.69, 9.17) is 0 Å². The van der Waals surface area contributed by atoms with Gasteiger partial charge in [-0.05, 0) is 30.8 Å². The molecule has 1 saturated heterocycles. The predicted molar refractivity (Wildman–Crippen MR) is 128 cm³/mol. The molecule has 0 bridgehead atoms. The van der Waals surface area contributed by atoms with Gasteiger partial charge in [-0.25, -0.2) is 9.97 Å². The van der Waals surface area contributed by atoms with Crippen molar-refractivity contribution in [1.82, 2.24) is 30.1 Å². The van der Waals surface area contributed by atoms with Crippen LogP contribution in [-0.4, -0.2) is 65.1 Å². The normalized spacial score (nSPS) is 18.1. The number of rotatable bonds is 4. The van der Waals surface area contributed by atoms with Crippen molar-refractivity contribution in [3.05, 3.63) is 53.6 Å². The maximum absolute atomic E-state index is 12.8. The average molecular weight is 445 g/mol. The van der Waals surface area contributed by atoms with E-state index in [-0.39, 0.29) is 5.91 Å². The molecule has 9 heteroatoms. The first kappa shape index (κ1) is 20.2. The number of imidazole rings is 1. The zero-order chi connectivity index (χ0) is 22.4. The summed E-state index contributed by atoms with van der Waals surface area (Å²) in [6.45, 7) is 7.23. The SMILES string of the molecule is CN1CCN(c2ccc(Nc3ccc(-c4cnc5n4CCNC5)c4c3C(=O)NC4)nc2)CC1. The molecule has 2 aromatic heterocycles. The molecule has 6 rings (SSSR count). The lowest BCUT2D eigenvalue weighted by atomic mass is 9.99. The third-order valence-corrected chi connectivity index (χ3v) is 6.85. The molecular weight excluding hydrogens is 416 g/mol. The minimum atomic E-state index is -0.0524. The molecule has 0 aliphatic carbocycles. The van der Waals surface area contributed by atoms with Crippen molar-refractivity contribution in [3.8, 4) is 11.3 Å². The molecule has 1 fully saturated rings. The van der Waals surface area contributed by atoms with Crippen LogP contribution in [-0.2, 0) is 19.6 Å². The molecule has 0 saturated carbocycles. The fraction of sp³-hybridized carbons (Fsp3) is 0.375. The number of pyridine rings is 1. The van der Waals surface area contributed by atoms with Crippen molar-refractivity contribution in [2.24, 2.45) is 0 Å². The van der Waals surface area contributed by atoms with E-state index in [9.17, 15) is 4.79 Å². The Labute approximate surface area is 192 Å². The fourth-order valence-electron chi connectivity index (χ4n) is 4.95. The average Bonchev–Trinajstić information content (AvgIpc) is 3.45. The molecule has 5 heterocycles. The highest BCUT2D eigenvalue weighted by Gasteiger charge is 2.28. The molecule has 3 N–H and O–H groups in total. The summed E-state index contributed by atoms with van der Waals surface area (Å²) in [4.78, 5) is 26.7. The van der Waals surface area contributed by atoms with E-state index in [0.29, 0.717) is 12.1 Å². The van der Waals surface area contributed by atoms with Crippen molar-refractivity contribution in [2.75, 3.05) is 50.0 Å². The van der Waals surface area contributed by atoms with E-state index in [1.54, 1.807) is 0 Å². The number of likely N-dealkylation sites (N-methyl/N-ethyl adjacent to an activating group) is 1. The number of nitrogens with one attached hydrogen (secondary N) is 3. The van der Waals surface area contributed by atoms with Crippen LogP contribution >= 0.6 is 0 Å². The van der Waals surface area contributed by atoms with Gasteiger partial charge in [-0.15, -0.1) is 0 Å². The number of fused-ring (bicyclic) bond motifs is 2. The summed E-state index contributed by atoms with van der Waals surface area (Å²) in [7, 11) is 2.15. The maximum Gasteiger partial charge on any atom is 0.254 e. The largest absolute Gasteiger partial charge is 0.368 e. The van der Waals surface area contributed by atoms with Gasteiger partial charge < -0.3 is 30.3 Å². The highest BCUT2D eigenvalue weighted by atomic mass is 16.1. The van der Waals surface area contributed by atoms with Crippen molar-refractivity contribution in [2.45, 2.75) is 19.6 Å². The summed E-state index contributed by atoms with van der Waals surface area (Å²) in [5.74, 6) is 1.72. The lowest BCUT2D eigenvalue weighted by Crippen LogP contribution is -2.44. The summed E-state index contributed by atoms with van der Waals surface area (Å²) in [5.41, 5.74) is 5.76. The van der Waals surface area contributed by atoms with Crippen LogP contribution in [0.15, 0.2) is 36.7 Å². The number of benzene rings is 1. The minimum absolute atomic E-state index is 0.0524. The van der Waals surface area contributed by atoms with Crippen LogP contribution < -0.4 is 20.9 Å². The van der Waals surface area contributed by atoms with Gasteiger partial charge in [0.2, 0.25) is 0 Å². The van der Waals surface area contributed by atoms with Gasteiger partial charge in [-0.1, -0.05) is 6.07 Å². The van der Waals surface area contributed by atoms with E-state index in [0.717, 1.165) is 85.7 Å². The van der Waals surface area contributed by atoms with E-state index in [2.05, 4.69) is 59.5 Å². The molecule has 0 unspecified atom stereocenters. The van der Waals surface area contributed by atoms with Gasteiger partial charge in [0.25, 0.3) is 5.91 Å².